The molecule has 0 radical (unpaired) electrons. The zero-order chi connectivity index (χ0) is 11.8. The minimum absolute atomic E-state index is 0.416. The minimum atomic E-state index is 0.416. The maximum absolute atomic E-state index is 5.76. The number of nitrogen functional groups attached to an aromatic ring is 1. The van der Waals surface area contributed by atoms with Gasteiger partial charge in [0.25, 0.3) is 0 Å². The number of piperidine rings is 1. The van der Waals surface area contributed by atoms with E-state index in [-0.39, 0.29) is 0 Å². The van der Waals surface area contributed by atoms with Crippen LogP contribution in [0.15, 0.2) is 22.7 Å². The lowest BCUT2D eigenvalue weighted by Crippen LogP contribution is -2.40. The normalized spacial score (nSPS) is 19.8. The van der Waals surface area contributed by atoms with Gasteiger partial charge in [0.15, 0.2) is 0 Å². The van der Waals surface area contributed by atoms with Crippen molar-refractivity contribution in [3.63, 3.8) is 0 Å². The van der Waals surface area contributed by atoms with Crippen molar-refractivity contribution in [3.8, 4) is 0 Å². The molecule has 3 heteroatoms. The van der Waals surface area contributed by atoms with Crippen LogP contribution in [0.3, 0.4) is 0 Å². The highest BCUT2D eigenvalue weighted by molar-refractivity contribution is 9.10. The Labute approximate surface area is 106 Å². The van der Waals surface area contributed by atoms with Crippen LogP contribution in [0.25, 0.3) is 0 Å². The average Bonchev–Trinajstić information content (AvgIpc) is 2.15. The van der Waals surface area contributed by atoms with E-state index >= 15 is 0 Å². The van der Waals surface area contributed by atoms with E-state index in [2.05, 4.69) is 40.7 Å². The quantitative estimate of drug-likeness (QED) is 0.797. The van der Waals surface area contributed by atoms with Crippen molar-refractivity contribution in [2.75, 3.05) is 23.7 Å². The van der Waals surface area contributed by atoms with E-state index in [1.54, 1.807) is 0 Å². The van der Waals surface area contributed by atoms with Gasteiger partial charge < -0.3 is 10.6 Å². The third kappa shape index (κ3) is 2.51. The summed E-state index contributed by atoms with van der Waals surface area (Å²) in [5.74, 6) is 0. The van der Waals surface area contributed by atoms with Crippen molar-refractivity contribution in [1.29, 1.82) is 0 Å². The van der Waals surface area contributed by atoms with E-state index in [1.807, 2.05) is 12.1 Å². The van der Waals surface area contributed by atoms with Gasteiger partial charge in [0.1, 0.15) is 0 Å². The van der Waals surface area contributed by atoms with Gasteiger partial charge in [-0.1, -0.05) is 13.8 Å². The van der Waals surface area contributed by atoms with Gasteiger partial charge in [-0.15, -0.1) is 0 Å². The lowest BCUT2D eigenvalue weighted by Gasteiger charge is -2.39. The van der Waals surface area contributed by atoms with Crippen molar-refractivity contribution in [2.45, 2.75) is 26.7 Å². The van der Waals surface area contributed by atoms with E-state index in [9.17, 15) is 0 Å². The summed E-state index contributed by atoms with van der Waals surface area (Å²) in [7, 11) is 0. The summed E-state index contributed by atoms with van der Waals surface area (Å²) in [5.41, 5.74) is 8.26. The van der Waals surface area contributed by atoms with Crippen LogP contribution in [0.2, 0.25) is 0 Å². The first kappa shape index (κ1) is 11.8. The van der Waals surface area contributed by atoms with Crippen molar-refractivity contribution in [1.82, 2.24) is 0 Å². The Morgan fingerprint density at radius 1 is 1.38 bits per heavy atom. The lowest BCUT2D eigenvalue weighted by atomic mass is 9.84. The Morgan fingerprint density at radius 2 is 2.12 bits per heavy atom. The monoisotopic (exact) mass is 282 g/mol. The number of benzene rings is 1. The van der Waals surface area contributed by atoms with E-state index in [0.29, 0.717) is 5.41 Å². The van der Waals surface area contributed by atoms with Gasteiger partial charge in [0.05, 0.1) is 5.69 Å². The van der Waals surface area contributed by atoms with Crippen molar-refractivity contribution in [3.05, 3.63) is 22.7 Å². The van der Waals surface area contributed by atoms with Crippen LogP contribution in [0.1, 0.15) is 26.7 Å². The fourth-order valence-electron chi connectivity index (χ4n) is 2.41. The fourth-order valence-corrected chi connectivity index (χ4v) is 3.06. The molecular weight excluding hydrogens is 264 g/mol. The molecule has 0 unspecified atom stereocenters. The fraction of sp³-hybridized carbons (Fsp3) is 0.538. The van der Waals surface area contributed by atoms with E-state index in [1.165, 1.54) is 18.5 Å². The summed E-state index contributed by atoms with van der Waals surface area (Å²) in [4.78, 5) is 2.45. The highest BCUT2D eigenvalue weighted by Gasteiger charge is 2.27. The molecule has 1 aliphatic heterocycles. The SMILES string of the molecule is CC1(C)CCCN(c2ccc(N)cc2Br)C1. The average molecular weight is 283 g/mol. The molecule has 1 aromatic rings. The molecule has 0 atom stereocenters. The predicted molar refractivity (Wildman–Crippen MR) is 73.8 cm³/mol. The molecule has 1 heterocycles. The molecule has 1 aromatic carbocycles. The van der Waals surface area contributed by atoms with E-state index in [4.69, 9.17) is 5.73 Å². The molecule has 0 aliphatic carbocycles. The molecule has 2 rings (SSSR count). The maximum atomic E-state index is 5.76. The second-order valence-corrected chi connectivity index (χ2v) is 6.25. The third-order valence-corrected chi connectivity index (χ3v) is 3.85. The number of rotatable bonds is 1. The Bertz CT molecular complexity index is 388. The van der Waals surface area contributed by atoms with Crippen LogP contribution in [0.5, 0.6) is 0 Å². The molecule has 16 heavy (non-hydrogen) atoms. The van der Waals surface area contributed by atoms with Gasteiger partial charge in [0.2, 0.25) is 0 Å². The van der Waals surface area contributed by atoms with E-state index < -0.39 is 0 Å². The molecule has 1 saturated heterocycles. The largest absolute Gasteiger partial charge is 0.399 e. The van der Waals surface area contributed by atoms with Crippen LogP contribution in [0.4, 0.5) is 11.4 Å². The standard InChI is InChI=1S/C13H19BrN2/c1-13(2)6-3-7-16(9-13)12-5-4-10(15)8-11(12)14/h4-5,8H,3,6-7,9,15H2,1-2H3. The van der Waals surface area contributed by atoms with Crippen LogP contribution in [-0.4, -0.2) is 13.1 Å². The van der Waals surface area contributed by atoms with Gasteiger partial charge >= 0.3 is 0 Å². The predicted octanol–water partition coefficient (Wildman–Crippen LogP) is 3.66. The number of hydrogen-bond acceptors (Lipinski definition) is 2. The number of halogens is 1. The summed E-state index contributed by atoms with van der Waals surface area (Å²) in [6.07, 6.45) is 2.58. The first-order valence-electron chi connectivity index (χ1n) is 5.78. The minimum Gasteiger partial charge on any atom is -0.399 e. The highest BCUT2D eigenvalue weighted by Crippen LogP contribution is 2.35. The first-order valence-corrected chi connectivity index (χ1v) is 6.57. The molecule has 88 valence electrons. The van der Waals surface area contributed by atoms with Gasteiger partial charge in [-0.2, -0.15) is 0 Å². The zero-order valence-electron chi connectivity index (χ0n) is 9.96. The van der Waals surface area contributed by atoms with Crippen LogP contribution < -0.4 is 10.6 Å². The Kier molecular flexibility index (Phi) is 3.15. The maximum Gasteiger partial charge on any atom is 0.0512 e. The van der Waals surface area contributed by atoms with Gasteiger partial charge in [-0.05, 0) is 52.4 Å². The Balaban J connectivity index is 2.23. The second-order valence-electron chi connectivity index (χ2n) is 5.40. The summed E-state index contributed by atoms with van der Waals surface area (Å²) < 4.78 is 1.10. The summed E-state index contributed by atoms with van der Waals surface area (Å²) >= 11 is 3.60. The number of nitrogens with zero attached hydrogens (tertiary/aromatic N) is 1. The van der Waals surface area contributed by atoms with Gasteiger partial charge in [-0.3, -0.25) is 0 Å². The molecule has 2 nitrogen and oxygen atoms in total. The summed E-state index contributed by atoms with van der Waals surface area (Å²) in [6.45, 7) is 6.94. The Hall–Kier alpha value is -0.700. The van der Waals surface area contributed by atoms with Gasteiger partial charge in [-0.25, -0.2) is 0 Å². The number of nitrogens with two attached hydrogens (primary N) is 1. The molecule has 2 N–H and O–H groups in total. The van der Waals surface area contributed by atoms with E-state index in [0.717, 1.165) is 23.2 Å². The Morgan fingerprint density at radius 3 is 2.75 bits per heavy atom. The summed E-state index contributed by atoms with van der Waals surface area (Å²) in [5, 5.41) is 0. The number of hydrogen-bond donors (Lipinski definition) is 1. The molecule has 0 amide bonds. The molecule has 0 aromatic heterocycles. The second kappa shape index (κ2) is 4.28. The van der Waals surface area contributed by atoms with Crippen LogP contribution in [0, 0.1) is 5.41 Å². The highest BCUT2D eigenvalue weighted by atomic mass is 79.9. The first-order chi connectivity index (χ1) is 7.48. The van der Waals surface area contributed by atoms with Crippen LogP contribution in [-0.2, 0) is 0 Å². The van der Waals surface area contributed by atoms with Crippen molar-refractivity contribution < 1.29 is 0 Å². The topological polar surface area (TPSA) is 29.3 Å². The molecule has 1 fully saturated rings. The van der Waals surface area contributed by atoms with Crippen molar-refractivity contribution in [2.24, 2.45) is 5.41 Å². The summed E-state index contributed by atoms with van der Waals surface area (Å²) in [6, 6.07) is 6.07. The molecule has 0 bridgehead atoms. The van der Waals surface area contributed by atoms with Crippen molar-refractivity contribution >= 4 is 27.3 Å². The molecule has 1 aliphatic rings. The van der Waals surface area contributed by atoms with Gasteiger partial charge in [0, 0.05) is 23.2 Å². The lowest BCUT2D eigenvalue weighted by molar-refractivity contribution is 0.293. The number of anilines is 2. The molecule has 0 spiro atoms. The molecule has 0 saturated carbocycles. The zero-order valence-corrected chi connectivity index (χ0v) is 11.5. The van der Waals surface area contributed by atoms with Crippen LogP contribution >= 0.6 is 15.9 Å². The third-order valence-electron chi connectivity index (χ3n) is 3.21. The molecular formula is C13H19BrN2. The smallest absolute Gasteiger partial charge is 0.0512 e.